The second-order valence-corrected chi connectivity index (χ2v) is 8.23. The second kappa shape index (κ2) is 9.27. The summed E-state index contributed by atoms with van der Waals surface area (Å²) in [5, 5.41) is 1.77. The molecule has 0 atom stereocenters. The number of hydrogen-bond acceptors (Lipinski definition) is 5. The van der Waals surface area contributed by atoms with Gasteiger partial charge in [0, 0.05) is 25.2 Å². The quantitative estimate of drug-likeness (QED) is 0.261. The first-order valence-electron chi connectivity index (χ1n) is 9.18. The molecule has 0 amide bonds. The lowest BCUT2D eigenvalue weighted by molar-refractivity contribution is 0.0339. The SMILES string of the molecule is O=C(Oc1ccc2ccccc2c1CN1CCOCC1)c1nc(Cl)c(Cl)c(Cl)c1Cl. The molecular weight excluding hydrogens is 470 g/mol. The Bertz CT molecular complexity index is 1120. The van der Waals surface area contributed by atoms with Crippen LogP contribution in [0.15, 0.2) is 36.4 Å². The first-order valence-corrected chi connectivity index (χ1v) is 10.7. The molecule has 1 aliphatic heterocycles. The fourth-order valence-corrected chi connectivity index (χ4v) is 4.13. The van der Waals surface area contributed by atoms with Crippen LogP contribution in [-0.2, 0) is 11.3 Å². The zero-order valence-corrected chi connectivity index (χ0v) is 18.7. The van der Waals surface area contributed by atoms with E-state index in [0.29, 0.717) is 25.5 Å². The molecule has 1 saturated heterocycles. The van der Waals surface area contributed by atoms with Gasteiger partial charge in [-0.15, -0.1) is 0 Å². The zero-order valence-electron chi connectivity index (χ0n) is 15.6. The molecule has 0 spiro atoms. The van der Waals surface area contributed by atoms with Gasteiger partial charge in [-0.1, -0.05) is 76.7 Å². The Morgan fingerprint density at radius 1 is 1.00 bits per heavy atom. The Kier molecular flexibility index (Phi) is 6.68. The van der Waals surface area contributed by atoms with Crippen LogP contribution in [0.5, 0.6) is 5.75 Å². The average Bonchev–Trinajstić information content (AvgIpc) is 2.77. The standard InChI is InChI=1S/C21H16Cl4N2O3/c22-16-17(23)19(26-20(25)18(16)24)21(28)30-15-6-5-12-3-1-2-4-13(12)14(15)11-27-7-9-29-10-8-27/h1-6H,7-11H2. The fraction of sp³-hybridized carbons (Fsp3) is 0.238. The van der Waals surface area contributed by atoms with Crippen molar-refractivity contribution in [3.63, 3.8) is 0 Å². The van der Waals surface area contributed by atoms with Gasteiger partial charge >= 0.3 is 5.97 Å². The minimum absolute atomic E-state index is 0.0152. The van der Waals surface area contributed by atoms with E-state index in [1.165, 1.54) is 0 Å². The molecule has 1 aliphatic rings. The van der Waals surface area contributed by atoms with Crippen molar-refractivity contribution in [2.45, 2.75) is 6.54 Å². The van der Waals surface area contributed by atoms with Crippen LogP contribution in [-0.4, -0.2) is 42.2 Å². The molecule has 3 aromatic rings. The molecule has 30 heavy (non-hydrogen) atoms. The Balaban J connectivity index is 1.72. The van der Waals surface area contributed by atoms with E-state index in [0.717, 1.165) is 29.4 Å². The Morgan fingerprint density at radius 3 is 2.50 bits per heavy atom. The molecule has 0 bridgehead atoms. The van der Waals surface area contributed by atoms with Gasteiger partial charge < -0.3 is 9.47 Å². The molecule has 0 saturated carbocycles. The summed E-state index contributed by atoms with van der Waals surface area (Å²) in [6.45, 7) is 3.54. The van der Waals surface area contributed by atoms with Crippen molar-refractivity contribution in [1.82, 2.24) is 9.88 Å². The number of carbonyl (C=O) groups excluding carboxylic acids is 1. The maximum absolute atomic E-state index is 12.9. The molecule has 156 valence electrons. The van der Waals surface area contributed by atoms with E-state index < -0.39 is 5.97 Å². The lowest BCUT2D eigenvalue weighted by Crippen LogP contribution is -2.35. The van der Waals surface area contributed by atoms with Gasteiger partial charge in [0.25, 0.3) is 0 Å². The van der Waals surface area contributed by atoms with Gasteiger partial charge in [-0.25, -0.2) is 9.78 Å². The number of ether oxygens (including phenoxy) is 2. The molecule has 5 nitrogen and oxygen atoms in total. The number of morpholine rings is 1. The minimum Gasteiger partial charge on any atom is -0.421 e. The maximum atomic E-state index is 12.9. The monoisotopic (exact) mass is 484 g/mol. The third-order valence-electron chi connectivity index (χ3n) is 4.86. The molecular formula is C21H16Cl4N2O3. The van der Waals surface area contributed by atoms with Crippen molar-refractivity contribution in [2.24, 2.45) is 0 Å². The summed E-state index contributed by atoms with van der Waals surface area (Å²) in [7, 11) is 0. The van der Waals surface area contributed by atoms with E-state index in [-0.39, 0.29) is 25.9 Å². The van der Waals surface area contributed by atoms with Gasteiger partial charge in [0.05, 0.1) is 28.3 Å². The normalized spacial score (nSPS) is 14.8. The Labute approximate surface area is 193 Å². The number of benzene rings is 2. The lowest BCUT2D eigenvalue weighted by Gasteiger charge is -2.27. The number of rotatable bonds is 4. The van der Waals surface area contributed by atoms with Crippen molar-refractivity contribution in [1.29, 1.82) is 0 Å². The minimum atomic E-state index is -0.765. The number of halogens is 4. The van der Waals surface area contributed by atoms with E-state index in [1.54, 1.807) is 6.07 Å². The number of pyridine rings is 1. The van der Waals surface area contributed by atoms with Crippen molar-refractivity contribution >= 4 is 63.1 Å². The highest BCUT2D eigenvalue weighted by atomic mass is 35.5. The summed E-state index contributed by atoms with van der Waals surface area (Å²) in [6, 6.07) is 11.6. The summed E-state index contributed by atoms with van der Waals surface area (Å²) < 4.78 is 11.1. The van der Waals surface area contributed by atoms with Crippen molar-refractivity contribution in [3.05, 3.63) is 67.9 Å². The van der Waals surface area contributed by atoms with Gasteiger partial charge in [0.2, 0.25) is 0 Å². The van der Waals surface area contributed by atoms with Gasteiger partial charge in [-0.05, 0) is 16.8 Å². The van der Waals surface area contributed by atoms with E-state index >= 15 is 0 Å². The van der Waals surface area contributed by atoms with Crippen LogP contribution < -0.4 is 4.74 Å². The number of hydrogen-bond donors (Lipinski definition) is 0. The summed E-state index contributed by atoms with van der Waals surface area (Å²) in [4.78, 5) is 19.1. The predicted molar refractivity (Wildman–Crippen MR) is 119 cm³/mol. The molecule has 1 aromatic heterocycles. The first kappa shape index (κ1) is 21.6. The smallest absolute Gasteiger partial charge is 0.364 e. The summed E-state index contributed by atoms with van der Waals surface area (Å²) in [6.07, 6.45) is 0. The van der Waals surface area contributed by atoms with Gasteiger partial charge in [-0.3, -0.25) is 4.90 Å². The molecule has 9 heteroatoms. The summed E-state index contributed by atoms with van der Waals surface area (Å²) >= 11 is 24.1. The summed E-state index contributed by atoms with van der Waals surface area (Å²) in [5.41, 5.74) is 0.701. The van der Waals surface area contributed by atoms with Crippen molar-refractivity contribution < 1.29 is 14.3 Å². The van der Waals surface area contributed by atoms with E-state index in [1.807, 2.05) is 30.3 Å². The Morgan fingerprint density at radius 2 is 1.73 bits per heavy atom. The van der Waals surface area contributed by atoms with E-state index in [9.17, 15) is 4.79 Å². The summed E-state index contributed by atoms with van der Waals surface area (Å²) in [5.74, 6) is -0.343. The molecule has 0 unspecified atom stereocenters. The third kappa shape index (κ3) is 4.37. The van der Waals surface area contributed by atoms with Crippen LogP contribution in [0.25, 0.3) is 10.8 Å². The molecule has 0 N–H and O–H groups in total. The molecule has 0 radical (unpaired) electrons. The van der Waals surface area contributed by atoms with Crippen LogP contribution in [0.3, 0.4) is 0 Å². The molecule has 2 aromatic carbocycles. The van der Waals surface area contributed by atoms with Gasteiger partial charge in [-0.2, -0.15) is 0 Å². The van der Waals surface area contributed by atoms with Gasteiger partial charge in [0.1, 0.15) is 10.9 Å². The van der Waals surface area contributed by atoms with Gasteiger partial charge in [0.15, 0.2) is 5.69 Å². The number of aromatic nitrogens is 1. The zero-order chi connectivity index (χ0) is 21.3. The third-order valence-corrected chi connectivity index (χ3v) is 6.54. The van der Waals surface area contributed by atoms with Crippen molar-refractivity contribution in [2.75, 3.05) is 26.3 Å². The first-order chi connectivity index (χ1) is 14.5. The highest BCUT2D eigenvalue weighted by Crippen LogP contribution is 2.37. The number of nitrogens with zero attached hydrogens (tertiary/aromatic N) is 2. The maximum Gasteiger partial charge on any atom is 0.364 e. The number of esters is 1. The second-order valence-electron chi connectivity index (χ2n) is 6.73. The van der Waals surface area contributed by atoms with Crippen LogP contribution >= 0.6 is 46.4 Å². The predicted octanol–water partition coefficient (Wildman–Crippen LogP) is 5.90. The molecule has 2 heterocycles. The average molecular weight is 486 g/mol. The largest absolute Gasteiger partial charge is 0.421 e. The Hall–Kier alpha value is -1.60. The fourth-order valence-electron chi connectivity index (χ4n) is 3.33. The molecule has 4 rings (SSSR count). The van der Waals surface area contributed by atoms with Crippen LogP contribution in [0, 0.1) is 0 Å². The number of carbonyl (C=O) groups is 1. The van der Waals surface area contributed by atoms with Crippen LogP contribution in [0.4, 0.5) is 0 Å². The number of fused-ring (bicyclic) bond motifs is 1. The molecule has 0 aliphatic carbocycles. The van der Waals surface area contributed by atoms with Crippen LogP contribution in [0.2, 0.25) is 20.2 Å². The highest BCUT2D eigenvalue weighted by molar-refractivity contribution is 6.52. The van der Waals surface area contributed by atoms with E-state index in [4.69, 9.17) is 55.9 Å². The lowest BCUT2D eigenvalue weighted by atomic mass is 10.0. The van der Waals surface area contributed by atoms with Crippen LogP contribution in [0.1, 0.15) is 16.1 Å². The molecule has 1 fully saturated rings. The van der Waals surface area contributed by atoms with Crippen molar-refractivity contribution in [3.8, 4) is 5.75 Å². The van der Waals surface area contributed by atoms with E-state index in [2.05, 4.69) is 9.88 Å². The highest BCUT2D eigenvalue weighted by Gasteiger charge is 2.24. The topological polar surface area (TPSA) is 51.7 Å².